The molecule has 0 aliphatic carbocycles. The van der Waals surface area contributed by atoms with Crippen LogP contribution in [0.25, 0.3) is 0 Å². The molecule has 0 aliphatic heterocycles. The van der Waals surface area contributed by atoms with Crippen LogP contribution in [0.15, 0.2) is 46.9 Å². The number of hydrogen-bond acceptors (Lipinski definition) is 2. The van der Waals surface area contributed by atoms with Crippen molar-refractivity contribution >= 4 is 15.9 Å². The predicted octanol–water partition coefficient (Wildman–Crippen LogP) is 4.11. The molecule has 1 unspecified atom stereocenters. The zero-order chi connectivity index (χ0) is 15.4. The molecular formula is C16H16BrF2NO. The van der Waals surface area contributed by atoms with Crippen molar-refractivity contribution in [2.24, 2.45) is 0 Å². The van der Waals surface area contributed by atoms with Crippen LogP contribution in [0, 0.1) is 11.6 Å². The molecule has 0 aromatic heterocycles. The number of rotatable bonds is 5. The van der Waals surface area contributed by atoms with Gasteiger partial charge in [0, 0.05) is 17.1 Å². The molecule has 2 aromatic rings. The number of halogens is 3. The smallest absolute Gasteiger partial charge is 0.159 e. The third-order valence-corrected chi connectivity index (χ3v) is 4.04. The molecule has 2 rings (SSSR count). The Morgan fingerprint density at radius 1 is 1.14 bits per heavy atom. The molecule has 0 saturated carbocycles. The maximum absolute atomic E-state index is 13.1. The van der Waals surface area contributed by atoms with E-state index in [-0.39, 0.29) is 12.6 Å². The van der Waals surface area contributed by atoms with Crippen molar-refractivity contribution < 1.29 is 13.9 Å². The highest BCUT2D eigenvalue weighted by atomic mass is 79.9. The molecule has 2 N–H and O–H groups in total. The number of nitrogens with one attached hydrogen (secondary N) is 1. The molecule has 2 atom stereocenters. The van der Waals surface area contributed by atoms with Gasteiger partial charge in [0.25, 0.3) is 0 Å². The van der Waals surface area contributed by atoms with Crippen LogP contribution >= 0.6 is 15.9 Å². The van der Waals surface area contributed by atoms with E-state index in [2.05, 4.69) is 21.2 Å². The van der Waals surface area contributed by atoms with Gasteiger partial charge in [0.1, 0.15) is 0 Å². The number of benzene rings is 2. The van der Waals surface area contributed by atoms with Gasteiger partial charge in [0.15, 0.2) is 11.6 Å². The van der Waals surface area contributed by atoms with Gasteiger partial charge in [-0.1, -0.05) is 40.2 Å². The Morgan fingerprint density at radius 2 is 1.86 bits per heavy atom. The molecule has 0 amide bonds. The Labute approximate surface area is 130 Å². The van der Waals surface area contributed by atoms with Crippen molar-refractivity contribution in [3.05, 3.63) is 69.7 Å². The first kappa shape index (κ1) is 16.1. The largest absolute Gasteiger partial charge is 0.387 e. The van der Waals surface area contributed by atoms with Crippen molar-refractivity contribution in [1.82, 2.24) is 5.32 Å². The summed E-state index contributed by atoms with van der Waals surface area (Å²) in [5, 5.41) is 13.2. The van der Waals surface area contributed by atoms with Crippen LogP contribution in [0.2, 0.25) is 0 Å². The minimum absolute atomic E-state index is 0.0144. The van der Waals surface area contributed by atoms with E-state index in [9.17, 15) is 13.9 Å². The van der Waals surface area contributed by atoms with Crippen LogP contribution in [-0.2, 0) is 0 Å². The van der Waals surface area contributed by atoms with E-state index in [1.165, 1.54) is 6.07 Å². The second-order valence-corrected chi connectivity index (χ2v) is 5.70. The van der Waals surface area contributed by atoms with Crippen molar-refractivity contribution in [2.45, 2.75) is 19.1 Å². The zero-order valence-corrected chi connectivity index (χ0v) is 13.1. The van der Waals surface area contributed by atoms with Gasteiger partial charge >= 0.3 is 0 Å². The summed E-state index contributed by atoms with van der Waals surface area (Å²) in [7, 11) is 0. The van der Waals surface area contributed by atoms with Crippen LogP contribution in [-0.4, -0.2) is 11.7 Å². The Balaban J connectivity index is 1.99. The summed E-state index contributed by atoms with van der Waals surface area (Å²) in [6.45, 7) is 2.21. The summed E-state index contributed by atoms with van der Waals surface area (Å²) >= 11 is 3.47. The SMILES string of the molecule is C[C@H](NCC(O)c1ccc(F)c(F)c1)c1ccccc1Br. The predicted molar refractivity (Wildman–Crippen MR) is 81.9 cm³/mol. The van der Waals surface area contributed by atoms with Crippen LogP contribution in [0.1, 0.15) is 30.2 Å². The monoisotopic (exact) mass is 355 g/mol. The van der Waals surface area contributed by atoms with E-state index in [0.717, 1.165) is 22.2 Å². The lowest BCUT2D eigenvalue weighted by Crippen LogP contribution is -2.25. The minimum Gasteiger partial charge on any atom is -0.387 e. The molecule has 0 bridgehead atoms. The summed E-state index contributed by atoms with van der Waals surface area (Å²) in [4.78, 5) is 0. The lowest BCUT2D eigenvalue weighted by atomic mass is 10.1. The van der Waals surface area contributed by atoms with Gasteiger partial charge in [-0.2, -0.15) is 0 Å². The van der Waals surface area contributed by atoms with Crippen LogP contribution in [0.5, 0.6) is 0 Å². The maximum atomic E-state index is 13.1. The van der Waals surface area contributed by atoms with Gasteiger partial charge in [-0.3, -0.25) is 0 Å². The standard InChI is InChI=1S/C16H16BrF2NO/c1-10(12-4-2-3-5-13(12)17)20-9-16(21)11-6-7-14(18)15(19)8-11/h2-8,10,16,20-21H,9H2,1H3/t10-,16?/m0/s1. The van der Waals surface area contributed by atoms with Gasteiger partial charge in [0.2, 0.25) is 0 Å². The fourth-order valence-electron chi connectivity index (χ4n) is 2.06. The fraction of sp³-hybridized carbons (Fsp3) is 0.250. The fourth-order valence-corrected chi connectivity index (χ4v) is 2.69. The lowest BCUT2D eigenvalue weighted by molar-refractivity contribution is 0.170. The van der Waals surface area contributed by atoms with Crippen LogP contribution in [0.4, 0.5) is 8.78 Å². The average molecular weight is 356 g/mol. The van der Waals surface area contributed by atoms with Crippen LogP contribution < -0.4 is 5.32 Å². The van der Waals surface area contributed by atoms with Crippen molar-refractivity contribution in [1.29, 1.82) is 0 Å². The van der Waals surface area contributed by atoms with E-state index in [0.29, 0.717) is 5.56 Å². The third-order valence-electron chi connectivity index (χ3n) is 3.32. The third kappa shape index (κ3) is 4.09. The topological polar surface area (TPSA) is 32.3 Å². The van der Waals surface area contributed by atoms with Crippen molar-refractivity contribution in [3.63, 3.8) is 0 Å². The quantitative estimate of drug-likeness (QED) is 0.845. The van der Waals surface area contributed by atoms with E-state index in [4.69, 9.17) is 0 Å². The van der Waals surface area contributed by atoms with Gasteiger partial charge in [0.05, 0.1) is 6.10 Å². The maximum Gasteiger partial charge on any atom is 0.159 e. The molecule has 0 heterocycles. The number of hydrogen-bond donors (Lipinski definition) is 2. The molecule has 112 valence electrons. The summed E-state index contributed by atoms with van der Waals surface area (Å²) in [5.74, 6) is -1.87. The van der Waals surface area contributed by atoms with Gasteiger partial charge in [-0.15, -0.1) is 0 Å². The molecule has 2 nitrogen and oxygen atoms in total. The molecule has 0 spiro atoms. The van der Waals surface area contributed by atoms with Gasteiger partial charge in [-0.05, 0) is 36.2 Å². The molecule has 5 heteroatoms. The Kier molecular flexibility index (Phi) is 5.45. The lowest BCUT2D eigenvalue weighted by Gasteiger charge is -2.19. The Hall–Kier alpha value is -1.30. The van der Waals surface area contributed by atoms with E-state index < -0.39 is 17.7 Å². The zero-order valence-electron chi connectivity index (χ0n) is 11.5. The second-order valence-electron chi connectivity index (χ2n) is 4.84. The van der Waals surface area contributed by atoms with E-state index in [1.807, 2.05) is 31.2 Å². The van der Waals surface area contributed by atoms with E-state index >= 15 is 0 Å². The van der Waals surface area contributed by atoms with Crippen molar-refractivity contribution in [3.8, 4) is 0 Å². The molecule has 0 radical (unpaired) electrons. The first-order chi connectivity index (χ1) is 9.99. The van der Waals surface area contributed by atoms with Gasteiger partial charge < -0.3 is 10.4 Å². The molecule has 0 aliphatic rings. The first-order valence-electron chi connectivity index (χ1n) is 6.60. The van der Waals surface area contributed by atoms with Crippen LogP contribution in [0.3, 0.4) is 0 Å². The molecule has 0 fully saturated rings. The average Bonchev–Trinajstić information content (AvgIpc) is 2.47. The second kappa shape index (κ2) is 7.11. The minimum atomic E-state index is -0.953. The van der Waals surface area contributed by atoms with Gasteiger partial charge in [-0.25, -0.2) is 8.78 Å². The summed E-state index contributed by atoms with van der Waals surface area (Å²) < 4.78 is 27.0. The highest BCUT2D eigenvalue weighted by molar-refractivity contribution is 9.10. The highest BCUT2D eigenvalue weighted by Crippen LogP contribution is 2.23. The Bertz CT molecular complexity index is 621. The summed E-state index contributed by atoms with van der Waals surface area (Å²) in [6.07, 6.45) is -0.898. The number of aliphatic hydroxyl groups is 1. The first-order valence-corrected chi connectivity index (χ1v) is 7.39. The molecule has 2 aromatic carbocycles. The highest BCUT2D eigenvalue weighted by Gasteiger charge is 2.14. The summed E-state index contributed by atoms with van der Waals surface area (Å²) in [6, 6.07) is 11.2. The number of aliphatic hydroxyl groups excluding tert-OH is 1. The molecule has 0 saturated heterocycles. The van der Waals surface area contributed by atoms with Crippen molar-refractivity contribution in [2.75, 3.05) is 6.54 Å². The summed E-state index contributed by atoms with van der Waals surface area (Å²) in [5.41, 5.74) is 1.41. The molecule has 21 heavy (non-hydrogen) atoms. The van der Waals surface area contributed by atoms with E-state index in [1.54, 1.807) is 0 Å². The Morgan fingerprint density at radius 3 is 2.52 bits per heavy atom. The molecular weight excluding hydrogens is 340 g/mol. The normalized spacial score (nSPS) is 14.0.